The summed E-state index contributed by atoms with van der Waals surface area (Å²) < 4.78 is 40.8. The molecule has 3 aliphatic heterocycles. The zero-order chi connectivity index (χ0) is 34.4. The summed E-state index contributed by atoms with van der Waals surface area (Å²) in [5, 5.41) is 21.3. The molecule has 4 aromatic rings. The largest absolute Gasteiger partial charge is 0.416 e. The summed E-state index contributed by atoms with van der Waals surface area (Å²) in [7, 11) is 0. The summed E-state index contributed by atoms with van der Waals surface area (Å²) in [6.07, 6.45) is -4.63. The third-order valence-electron chi connectivity index (χ3n) is 7.26. The smallest absolute Gasteiger partial charge is 0.238 e. The Morgan fingerprint density at radius 1 is 0.673 bits per heavy atom. The molecule has 13 nitrogen and oxygen atoms in total. The molecule has 0 amide bonds. The van der Waals surface area contributed by atoms with E-state index in [0.717, 1.165) is 6.07 Å². The number of para-hydroxylation sites is 2. The maximum Gasteiger partial charge on any atom is 0.416 e. The van der Waals surface area contributed by atoms with Gasteiger partial charge < -0.3 is 0 Å². The van der Waals surface area contributed by atoms with Crippen molar-refractivity contribution in [1.29, 1.82) is 10.5 Å². The van der Waals surface area contributed by atoms with Crippen molar-refractivity contribution in [2.75, 3.05) is 0 Å². The lowest BCUT2D eigenvalue weighted by Gasteiger charge is -2.08. The van der Waals surface area contributed by atoms with Crippen molar-refractivity contribution in [2.45, 2.75) is 13.1 Å². The number of nitrogens with zero attached hydrogens (tertiary/aromatic N) is 13. The van der Waals surface area contributed by atoms with Crippen molar-refractivity contribution < 1.29 is 13.2 Å². The van der Waals surface area contributed by atoms with E-state index in [9.17, 15) is 23.7 Å². The van der Waals surface area contributed by atoms with E-state index in [4.69, 9.17) is 13.1 Å². The Bertz CT molecular complexity index is 2820. The number of aryl methyl sites for hydroxylation is 1. The van der Waals surface area contributed by atoms with Gasteiger partial charge in [0, 0.05) is 5.56 Å². The molecule has 0 saturated carbocycles. The number of hydrogen-bond acceptors (Lipinski definition) is 11. The molecule has 4 heterocycles. The Labute approximate surface area is 271 Å². The van der Waals surface area contributed by atoms with Crippen LogP contribution >= 0.6 is 0 Å². The Kier molecular flexibility index (Phi) is 6.98. The summed E-state index contributed by atoms with van der Waals surface area (Å²) >= 11 is 0. The molecule has 0 fully saturated rings. The quantitative estimate of drug-likeness (QED) is 0.245. The fourth-order valence-corrected chi connectivity index (χ4v) is 5.00. The molecule has 7 rings (SSSR count). The minimum atomic E-state index is -4.63. The Morgan fingerprint density at radius 3 is 1.90 bits per heavy atom. The molecule has 0 N–H and O–H groups in total. The van der Waals surface area contributed by atoms with Crippen LogP contribution in [0.2, 0.25) is 0 Å². The lowest BCUT2D eigenvalue weighted by molar-refractivity contribution is -0.138. The SMILES string of the molecule is [C-]#[N+]/C(C#N)=C1\N=c2ccc(-c3nc(C(C#N)=C4N=c5ccccc5=N4)nc(/C([N+]#[C-])=C4/N=c5cc(C)c(C(F)(F)F)cc5=N4)n3)cc2=N1. The number of alkyl halides is 3. The van der Waals surface area contributed by atoms with E-state index in [0.29, 0.717) is 27.0 Å². The van der Waals surface area contributed by atoms with Crippen LogP contribution in [0, 0.1) is 42.7 Å². The molecule has 3 aliphatic rings. The molecule has 1 aromatic heterocycles. The van der Waals surface area contributed by atoms with Crippen molar-refractivity contribution in [3.8, 4) is 23.5 Å². The van der Waals surface area contributed by atoms with Crippen LogP contribution in [0.5, 0.6) is 0 Å². The molecule has 16 heteroatoms. The highest BCUT2D eigenvalue weighted by Crippen LogP contribution is 2.31. The number of fused-ring (bicyclic) bond motifs is 3. The van der Waals surface area contributed by atoms with Gasteiger partial charge in [0.1, 0.15) is 11.6 Å². The van der Waals surface area contributed by atoms with E-state index >= 15 is 0 Å². The third kappa shape index (κ3) is 5.27. The molecular weight excluding hydrogens is 635 g/mol. The predicted octanol–water partition coefficient (Wildman–Crippen LogP) is 2.37. The van der Waals surface area contributed by atoms with Gasteiger partial charge in [-0.1, -0.05) is 12.1 Å². The van der Waals surface area contributed by atoms with Crippen molar-refractivity contribution in [1.82, 2.24) is 15.0 Å². The van der Waals surface area contributed by atoms with Gasteiger partial charge in [-0.15, -0.1) is 0 Å². The number of nitriles is 2. The van der Waals surface area contributed by atoms with Gasteiger partial charge in [0.15, 0.2) is 34.9 Å². The Morgan fingerprint density at radius 2 is 1.27 bits per heavy atom. The number of benzene rings is 3. The fourth-order valence-electron chi connectivity index (χ4n) is 5.00. The van der Waals surface area contributed by atoms with Crippen LogP contribution in [0.25, 0.3) is 32.3 Å². The lowest BCUT2D eigenvalue weighted by Crippen LogP contribution is -2.25. The Balaban J connectivity index is 1.46. The molecule has 0 atom stereocenters. The van der Waals surface area contributed by atoms with Crippen LogP contribution in [-0.2, 0) is 6.18 Å². The number of allylic oxidation sites excluding steroid dienone is 2. The molecule has 0 radical (unpaired) electrons. The van der Waals surface area contributed by atoms with Gasteiger partial charge in [0.05, 0.1) is 56.9 Å². The average molecular weight is 648 g/mol. The van der Waals surface area contributed by atoms with Crippen LogP contribution in [-0.4, -0.2) is 15.0 Å². The normalized spacial score (nSPS) is 15.5. The van der Waals surface area contributed by atoms with E-state index in [1.54, 1.807) is 48.5 Å². The van der Waals surface area contributed by atoms with Crippen molar-refractivity contribution in [3.05, 3.63) is 156 Å². The number of hydrogen-bond donors (Lipinski definition) is 0. The second kappa shape index (κ2) is 11.4. The van der Waals surface area contributed by atoms with Crippen molar-refractivity contribution >= 4 is 11.3 Å². The number of aromatic nitrogens is 3. The van der Waals surface area contributed by atoms with E-state index in [2.05, 4.69) is 54.6 Å². The molecule has 3 aromatic carbocycles. The second-order valence-corrected chi connectivity index (χ2v) is 10.3. The monoisotopic (exact) mass is 647 g/mol. The highest BCUT2D eigenvalue weighted by atomic mass is 19.4. The predicted molar refractivity (Wildman–Crippen MR) is 160 cm³/mol. The summed E-state index contributed by atoms with van der Waals surface area (Å²) in [4.78, 5) is 46.0. The third-order valence-corrected chi connectivity index (χ3v) is 7.26. The van der Waals surface area contributed by atoms with Crippen molar-refractivity contribution in [3.63, 3.8) is 0 Å². The van der Waals surface area contributed by atoms with Crippen LogP contribution in [0.15, 0.2) is 108 Å². The minimum Gasteiger partial charge on any atom is -0.238 e. The summed E-state index contributed by atoms with van der Waals surface area (Å²) in [6.45, 7) is 16.5. The zero-order valence-corrected chi connectivity index (χ0v) is 24.6. The first kappa shape index (κ1) is 30.1. The van der Waals surface area contributed by atoms with Gasteiger partial charge in [0.25, 0.3) is 5.70 Å². The second-order valence-electron chi connectivity index (χ2n) is 10.3. The molecular formula is C33H12F3N13. The highest BCUT2D eigenvalue weighted by molar-refractivity contribution is 5.78. The standard InChI is InChI=1S/C33H12F3N13/c1-15-10-22-24(12-18(15)33(34,35)36)46-31(45-22)26(40-3)32-48-27(16-8-9-21-23(11-16)44-30(43-21)25(14-38)39-2)47-29(49-32)17(13-37)28-41-19-6-4-5-7-20(19)42-28/h4-12H,1H3/b30-25+,31-26+. The highest BCUT2D eigenvalue weighted by Gasteiger charge is 2.33. The maximum atomic E-state index is 13.6. The minimum absolute atomic E-state index is 0.0160. The molecule has 0 spiro atoms. The molecule has 0 unspecified atom stereocenters. The fraction of sp³-hybridized carbons (Fsp3) is 0.0606. The summed E-state index contributed by atoms with van der Waals surface area (Å²) in [6, 6.07) is 17.5. The lowest BCUT2D eigenvalue weighted by atomic mass is 10.1. The van der Waals surface area contributed by atoms with E-state index < -0.39 is 11.7 Å². The van der Waals surface area contributed by atoms with Crippen LogP contribution in [0.3, 0.4) is 0 Å². The summed E-state index contributed by atoms with van der Waals surface area (Å²) in [5.74, 6) is -0.784. The Hall–Kier alpha value is -7.56. The maximum absolute atomic E-state index is 13.6. The van der Waals surface area contributed by atoms with Gasteiger partial charge in [-0.2, -0.15) is 18.4 Å². The molecule has 49 heavy (non-hydrogen) atoms. The first-order valence-corrected chi connectivity index (χ1v) is 13.9. The molecule has 230 valence electrons. The van der Waals surface area contributed by atoms with E-state index in [-0.39, 0.29) is 68.2 Å². The van der Waals surface area contributed by atoms with Gasteiger partial charge in [-0.05, 0) is 55.0 Å². The van der Waals surface area contributed by atoms with E-state index in [1.807, 2.05) is 6.07 Å². The number of rotatable bonds is 3. The van der Waals surface area contributed by atoms with E-state index in [1.165, 1.54) is 13.0 Å². The topological polar surface area (TPSA) is 169 Å². The average Bonchev–Trinajstić information content (AvgIpc) is 3.81. The van der Waals surface area contributed by atoms with Crippen LogP contribution in [0.1, 0.15) is 22.8 Å². The molecule has 0 saturated heterocycles. The van der Waals surface area contributed by atoms with Gasteiger partial charge in [0.2, 0.25) is 0 Å². The van der Waals surface area contributed by atoms with Crippen LogP contribution < -0.4 is 32.1 Å². The van der Waals surface area contributed by atoms with Gasteiger partial charge in [-0.25, -0.2) is 59.9 Å². The summed E-state index contributed by atoms with van der Waals surface area (Å²) in [5.41, 5.74) is -1.39. The van der Waals surface area contributed by atoms with Gasteiger partial charge >= 0.3 is 11.9 Å². The molecule has 0 aliphatic carbocycles. The van der Waals surface area contributed by atoms with Gasteiger partial charge in [-0.3, -0.25) is 0 Å². The van der Waals surface area contributed by atoms with Crippen LogP contribution in [0.4, 0.5) is 13.2 Å². The zero-order valence-electron chi connectivity index (χ0n) is 24.6. The first-order valence-electron chi connectivity index (χ1n) is 13.9. The number of halogens is 3. The molecule has 0 bridgehead atoms. The van der Waals surface area contributed by atoms with Crippen molar-refractivity contribution in [2.24, 2.45) is 30.0 Å². The first-order chi connectivity index (χ1) is 23.6.